The number of hydrogen-bond donors (Lipinski definition) is 1. The highest BCUT2D eigenvalue weighted by Crippen LogP contribution is 2.51. The minimum atomic E-state index is -0.348. The van der Waals surface area contributed by atoms with Crippen molar-refractivity contribution in [3.05, 3.63) is 58.0 Å². The van der Waals surface area contributed by atoms with Gasteiger partial charge in [0.05, 0.1) is 5.41 Å². The molecule has 2 aliphatic heterocycles. The van der Waals surface area contributed by atoms with E-state index in [1.807, 2.05) is 12.1 Å². The van der Waals surface area contributed by atoms with Crippen LogP contribution in [-0.4, -0.2) is 30.4 Å². The first-order valence-corrected chi connectivity index (χ1v) is 11.9. The lowest BCUT2D eigenvalue weighted by atomic mass is 9.66. The van der Waals surface area contributed by atoms with E-state index in [9.17, 15) is 9.18 Å². The standard InChI is InChI=1S/C24H29FN2OS.ClH/c25-20-6-4-18(5-7-20)21-16-26-22(28)23(21)11-13-27(14-12-23)24(9-2-1-3-10-24)19-8-15-29-17-19;/h4-8,15,17,21H,1-3,9-14,16H2,(H,26,28);1H. The smallest absolute Gasteiger partial charge is 0.227 e. The van der Waals surface area contributed by atoms with E-state index in [2.05, 4.69) is 27.0 Å². The zero-order chi connectivity index (χ0) is 19.9. The van der Waals surface area contributed by atoms with Gasteiger partial charge in [0, 0.05) is 31.1 Å². The number of benzene rings is 1. The Morgan fingerprint density at radius 3 is 2.33 bits per heavy atom. The molecule has 1 saturated carbocycles. The summed E-state index contributed by atoms with van der Waals surface area (Å²) >= 11 is 1.79. The first-order valence-electron chi connectivity index (χ1n) is 11.0. The Labute approximate surface area is 188 Å². The molecule has 1 aromatic carbocycles. The third-order valence-corrected chi connectivity index (χ3v) is 8.54. The summed E-state index contributed by atoms with van der Waals surface area (Å²) in [6.07, 6.45) is 8.12. The molecule has 1 aliphatic carbocycles. The molecule has 3 nitrogen and oxygen atoms in total. The normalized spacial score (nSPS) is 25.6. The van der Waals surface area contributed by atoms with Crippen LogP contribution in [0.25, 0.3) is 0 Å². The van der Waals surface area contributed by atoms with Crippen LogP contribution in [0.5, 0.6) is 0 Å². The average Bonchev–Trinajstić information content (AvgIpc) is 3.40. The predicted octanol–water partition coefficient (Wildman–Crippen LogP) is 5.46. The lowest BCUT2D eigenvalue weighted by molar-refractivity contribution is -0.132. The Morgan fingerprint density at radius 1 is 1.00 bits per heavy atom. The van der Waals surface area contributed by atoms with Crippen molar-refractivity contribution in [3.8, 4) is 0 Å². The molecule has 2 aromatic rings. The summed E-state index contributed by atoms with van der Waals surface area (Å²) in [6, 6.07) is 9.08. The second-order valence-corrected chi connectivity index (χ2v) is 9.84. The van der Waals surface area contributed by atoms with Gasteiger partial charge >= 0.3 is 0 Å². The number of nitrogens with one attached hydrogen (secondary N) is 1. The van der Waals surface area contributed by atoms with E-state index in [1.54, 1.807) is 11.3 Å². The number of halogens is 2. The van der Waals surface area contributed by atoms with Crippen LogP contribution < -0.4 is 5.32 Å². The third-order valence-electron chi connectivity index (χ3n) is 7.86. The quantitative estimate of drug-likeness (QED) is 0.675. The number of thiophene rings is 1. The Bertz CT molecular complexity index is 856. The van der Waals surface area contributed by atoms with Gasteiger partial charge in [-0.15, -0.1) is 12.4 Å². The third kappa shape index (κ3) is 3.49. The molecule has 162 valence electrons. The summed E-state index contributed by atoms with van der Waals surface area (Å²) < 4.78 is 13.4. The monoisotopic (exact) mass is 448 g/mol. The maximum atomic E-state index is 13.4. The SMILES string of the molecule is Cl.O=C1NCC(c2ccc(F)cc2)C12CCN(C1(c3ccsc3)CCCCC1)CC2. The lowest BCUT2D eigenvalue weighted by Gasteiger charge is -2.51. The Kier molecular flexibility index (Phi) is 6.25. The van der Waals surface area contributed by atoms with E-state index in [4.69, 9.17) is 0 Å². The first kappa shape index (κ1) is 21.8. The van der Waals surface area contributed by atoms with Crippen LogP contribution >= 0.6 is 23.7 Å². The number of likely N-dealkylation sites (tertiary alicyclic amines) is 1. The van der Waals surface area contributed by atoms with Crippen molar-refractivity contribution in [3.63, 3.8) is 0 Å². The van der Waals surface area contributed by atoms with Gasteiger partial charge in [0.2, 0.25) is 5.91 Å². The van der Waals surface area contributed by atoms with Crippen LogP contribution in [0.15, 0.2) is 41.1 Å². The van der Waals surface area contributed by atoms with Crippen molar-refractivity contribution in [2.45, 2.75) is 56.4 Å². The highest BCUT2D eigenvalue weighted by atomic mass is 35.5. The van der Waals surface area contributed by atoms with Crippen molar-refractivity contribution in [2.24, 2.45) is 5.41 Å². The molecular formula is C24H30ClFN2OS. The molecule has 3 heterocycles. The molecule has 1 unspecified atom stereocenters. The fraction of sp³-hybridized carbons (Fsp3) is 0.542. The molecular weight excluding hydrogens is 419 g/mol. The number of rotatable bonds is 3. The molecule has 1 spiro atoms. The molecule has 3 fully saturated rings. The molecule has 1 amide bonds. The molecule has 1 aromatic heterocycles. The summed E-state index contributed by atoms with van der Waals surface area (Å²) in [7, 11) is 0. The molecule has 30 heavy (non-hydrogen) atoms. The number of nitrogens with zero attached hydrogens (tertiary/aromatic N) is 1. The summed E-state index contributed by atoms with van der Waals surface area (Å²) in [5.41, 5.74) is 2.37. The number of carbonyl (C=O) groups excluding carboxylic acids is 1. The van der Waals surface area contributed by atoms with Crippen LogP contribution in [0.3, 0.4) is 0 Å². The molecule has 0 radical (unpaired) electrons. The van der Waals surface area contributed by atoms with Gasteiger partial charge in [-0.1, -0.05) is 31.4 Å². The topological polar surface area (TPSA) is 32.3 Å². The van der Waals surface area contributed by atoms with Gasteiger partial charge in [-0.3, -0.25) is 9.69 Å². The number of hydrogen-bond acceptors (Lipinski definition) is 3. The van der Waals surface area contributed by atoms with Gasteiger partial charge in [0.1, 0.15) is 5.82 Å². The van der Waals surface area contributed by atoms with Gasteiger partial charge in [-0.25, -0.2) is 4.39 Å². The second kappa shape index (κ2) is 8.60. The fourth-order valence-corrected chi connectivity index (χ4v) is 6.97. The van der Waals surface area contributed by atoms with Crippen molar-refractivity contribution in [1.29, 1.82) is 0 Å². The number of piperidine rings is 1. The maximum Gasteiger partial charge on any atom is 0.227 e. The van der Waals surface area contributed by atoms with E-state index in [0.29, 0.717) is 6.54 Å². The molecule has 1 atom stereocenters. The lowest BCUT2D eigenvalue weighted by Crippen LogP contribution is -2.54. The zero-order valence-electron chi connectivity index (χ0n) is 17.2. The Morgan fingerprint density at radius 2 is 1.70 bits per heavy atom. The van der Waals surface area contributed by atoms with Gasteiger partial charge < -0.3 is 5.32 Å². The predicted molar refractivity (Wildman–Crippen MR) is 122 cm³/mol. The second-order valence-electron chi connectivity index (χ2n) is 9.06. The van der Waals surface area contributed by atoms with Gasteiger partial charge in [-0.05, 0) is 65.8 Å². The summed E-state index contributed by atoms with van der Waals surface area (Å²) in [5.74, 6) is 0.116. The van der Waals surface area contributed by atoms with Gasteiger partial charge in [0.25, 0.3) is 0 Å². The largest absolute Gasteiger partial charge is 0.355 e. The van der Waals surface area contributed by atoms with E-state index in [0.717, 1.165) is 31.5 Å². The Balaban J connectivity index is 0.00000218. The van der Waals surface area contributed by atoms with Crippen molar-refractivity contribution in [1.82, 2.24) is 10.2 Å². The highest BCUT2D eigenvalue weighted by Gasteiger charge is 2.54. The number of carbonyl (C=O) groups is 1. The van der Waals surface area contributed by atoms with Crippen molar-refractivity contribution < 1.29 is 9.18 Å². The number of amides is 1. The zero-order valence-corrected chi connectivity index (χ0v) is 18.9. The van der Waals surface area contributed by atoms with Crippen LogP contribution in [0.2, 0.25) is 0 Å². The highest BCUT2D eigenvalue weighted by molar-refractivity contribution is 7.08. The van der Waals surface area contributed by atoms with Crippen LogP contribution in [0.1, 0.15) is 62.0 Å². The van der Waals surface area contributed by atoms with E-state index >= 15 is 0 Å². The first-order chi connectivity index (χ1) is 14.1. The molecule has 1 N–H and O–H groups in total. The van der Waals surface area contributed by atoms with Crippen LogP contribution in [0.4, 0.5) is 4.39 Å². The van der Waals surface area contributed by atoms with Crippen molar-refractivity contribution >= 4 is 29.7 Å². The molecule has 3 aliphatic rings. The van der Waals surface area contributed by atoms with E-state index in [-0.39, 0.29) is 41.0 Å². The van der Waals surface area contributed by atoms with Crippen LogP contribution in [0, 0.1) is 11.2 Å². The van der Waals surface area contributed by atoms with E-state index in [1.165, 1.54) is 49.8 Å². The molecule has 2 saturated heterocycles. The average molecular weight is 449 g/mol. The molecule has 6 heteroatoms. The van der Waals surface area contributed by atoms with Gasteiger partial charge in [-0.2, -0.15) is 11.3 Å². The summed E-state index contributed by atoms with van der Waals surface area (Å²) in [4.78, 5) is 15.7. The summed E-state index contributed by atoms with van der Waals surface area (Å²) in [6.45, 7) is 2.59. The maximum absolute atomic E-state index is 13.4. The minimum absolute atomic E-state index is 0. The fourth-order valence-electron chi connectivity index (χ4n) is 6.22. The van der Waals surface area contributed by atoms with Crippen molar-refractivity contribution in [2.75, 3.05) is 19.6 Å². The molecule has 5 rings (SSSR count). The summed E-state index contributed by atoms with van der Waals surface area (Å²) in [5, 5.41) is 7.66. The van der Waals surface area contributed by atoms with Gasteiger partial charge in [0.15, 0.2) is 0 Å². The molecule has 0 bridgehead atoms. The minimum Gasteiger partial charge on any atom is -0.355 e. The Hall–Kier alpha value is -1.43. The van der Waals surface area contributed by atoms with Crippen LogP contribution in [-0.2, 0) is 10.3 Å². The van der Waals surface area contributed by atoms with E-state index < -0.39 is 0 Å².